The zero-order chi connectivity index (χ0) is 24.2. The van der Waals surface area contributed by atoms with E-state index in [1.807, 2.05) is 0 Å². The molecule has 1 fully saturated rings. The Morgan fingerprint density at radius 2 is 1.74 bits per heavy atom. The van der Waals surface area contributed by atoms with Gasteiger partial charge in [0.1, 0.15) is 12.4 Å². The summed E-state index contributed by atoms with van der Waals surface area (Å²) in [4.78, 5) is 26.8. The van der Waals surface area contributed by atoms with Crippen molar-refractivity contribution in [3.8, 4) is 11.5 Å². The van der Waals surface area contributed by atoms with Crippen molar-refractivity contribution in [2.45, 2.75) is 13.2 Å². The predicted octanol–water partition coefficient (Wildman–Crippen LogP) is 6.96. The van der Waals surface area contributed by atoms with Crippen LogP contribution in [0.25, 0.3) is 6.08 Å². The Morgan fingerprint density at radius 1 is 1.00 bits per heavy atom. The molecule has 1 heterocycles. The number of methoxy groups -OCH3 is 1. The number of nitrogens with zero attached hydrogens (tertiary/aromatic N) is 1. The number of carbonyl (C=O) groups excluding carboxylic acids is 2. The summed E-state index contributed by atoms with van der Waals surface area (Å²) in [5.41, 5.74) is 1.56. The Labute approximate surface area is 210 Å². The molecule has 1 saturated heterocycles. The molecule has 0 aliphatic carbocycles. The first-order valence-corrected chi connectivity index (χ1v) is 11.7. The van der Waals surface area contributed by atoms with E-state index in [9.17, 15) is 14.0 Å². The fraction of sp³-hybridized carbons (Fsp3) is 0.120. The highest BCUT2D eigenvalue weighted by Crippen LogP contribution is 2.37. The minimum atomic E-state index is -0.440. The molecule has 0 saturated carbocycles. The average Bonchev–Trinajstić information content (AvgIpc) is 3.08. The molecular formula is C25H18Cl2FNO4S. The van der Waals surface area contributed by atoms with Gasteiger partial charge in [-0.1, -0.05) is 53.5 Å². The van der Waals surface area contributed by atoms with Crippen LogP contribution in [0.3, 0.4) is 0 Å². The molecule has 0 radical (unpaired) electrons. The molecular weight excluding hydrogens is 500 g/mol. The first kappa shape index (κ1) is 24.1. The maximum Gasteiger partial charge on any atom is 0.293 e. The molecule has 34 heavy (non-hydrogen) atoms. The van der Waals surface area contributed by atoms with Gasteiger partial charge in [-0.25, -0.2) is 4.39 Å². The van der Waals surface area contributed by atoms with Crippen LogP contribution in [0.2, 0.25) is 10.0 Å². The van der Waals surface area contributed by atoms with Crippen molar-refractivity contribution in [1.29, 1.82) is 0 Å². The quantitative estimate of drug-likeness (QED) is 0.317. The molecule has 0 bridgehead atoms. The molecule has 3 aromatic rings. The number of thioether (sulfide) groups is 1. The lowest BCUT2D eigenvalue weighted by Gasteiger charge is -2.14. The lowest BCUT2D eigenvalue weighted by Crippen LogP contribution is -2.27. The van der Waals surface area contributed by atoms with Crippen LogP contribution in [-0.4, -0.2) is 23.2 Å². The summed E-state index contributed by atoms with van der Waals surface area (Å²) in [6.45, 7) is 0.0124. The van der Waals surface area contributed by atoms with Crippen LogP contribution in [0.5, 0.6) is 11.5 Å². The molecule has 9 heteroatoms. The number of halogens is 3. The number of benzene rings is 3. The molecule has 0 spiro atoms. The maximum atomic E-state index is 13.8. The summed E-state index contributed by atoms with van der Waals surface area (Å²) in [6, 6.07) is 16.4. The van der Waals surface area contributed by atoms with E-state index in [-0.39, 0.29) is 23.9 Å². The summed E-state index contributed by atoms with van der Waals surface area (Å²) in [5.74, 6) is 0.0354. The van der Waals surface area contributed by atoms with Gasteiger partial charge in [-0.15, -0.1) is 0 Å². The summed E-state index contributed by atoms with van der Waals surface area (Å²) >= 11 is 13.2. The Balaban J connectivity index is 1.51. The molecule has 1 aliphatic heterocycles. The van der Waals surface area contributed by atoms with E-state index in [0.29, 0.717) is 38.2 Å². The first-order valence-electron chi connectivity index (χ1n) is 10.1. The summed E-state index contributed by atoms with van der Waals surface area (Å²) in [6.07, 6.45) is 1.60. The van der Waals surface area contributed by atoms with Gasteiger partial charge in [0.2, 0.25) is 0 Å². The number of rotatable bonds is 7. The largest absolute Gasteiger partial charge is 0.493 e. The molecule has 3 aromatic carbocycles. The lowest BCUT2D eigenvalue weighted by molar-refractivity contribution is -0.123. The molecule has 1 aliphatic rings. The topological polar surface area (TPSA) is 55.8 Å². The fourth-order valence-electron chi connectivity index (χ4n) is 3.29. The fourth-order valence-corrected chi connectivity index (χ4v) is 4.65. The van der Waals surface area contributed by atoms with E-state index in [0.717, 1.165) is 16.7 Å². The number of ether oxygens (including phenoxy) is 2. The van der Waals surface area contributed by atoms with Crippen LogP contribution in [0.15, 0.2) is 65.6 Å². The van der Waals surface area contributed by atoms with Gasteiger partial charge in [-0.3, -0.25) is 14.5 Å². The van der Waals surface area contributed by atoms with Crippen molar-refractivity contribution < 1.29 is 23.5 Å². The van der Waals surface area contributed by atoms with Crippen molar-refractivity contribution in [3.05, 3.63) is 98.1 Å². The maximum absolute atomic E-state index is 13.8. The molecule has 0 aromatic heterocycles. The second-order valence-corrected chi connectivity index (χ2v) is 9.07. The minimum absolute atomic E-state index is 0.0212. The number of hydrogen-bond donors (Lipinski definition) is 0. The lowest BCUT2D eigenvalue weighted by atomic mass is 10.1. The van der Waals surface area contributed by atoms with Crippen LogP contribution in [0, 0.1) is 5.82 Å². The van der Waals surface area contributed by atoms with Gasteiger partial charge in [0.05, 0.1) is 18.6 Å². The Bertz CT molecular complexity index is 1280. The van der Waals surface area contributed by atoms with Crippen LogP contribution < -0.4 is 9.47 Å². The number of carbonyl (C=O) groups is 2. The van der Waals surface area contributed by atoms with Gasteiger partial charge in [-0.05, 0) is 53.7 Å². The highest BCUT2D eigenvalue weighted by Gasteiger charge is 2.35. The van der Waals surface area contributed by atoms with E-state index < -0.39 is 11.1 Å². The standard InChI is InChI=1S/C25H18Cl2FNO4S/c1-32-22-11-15(9-10-21(22)33-14-16-5-2-3-8-20(16)28)12-23-24(30)29(25(31)34-23)13-17-18(26)6-4-7-19(17)27/h2-12H,13-14H2,1H3/b23-12-. The van der Waals surface area contributed by atoms with Crippen LogP contribution in [0.4, 0.5) is 9.18 Å². The molecule has 5 nitrogen and oxygen atoms in total. The molecule has 0 atom stereocenters. The van der Waals surface area contributed by atoms with Gasteiger partial charge in [0.25, 0.3) is 11.1 Å². The van der Waals surface area contributed by atoms with E-state index in [1.165, 1.54) is 13.2 Å². The third-order valence-electron chi connectivity index (χ3n) is 5.08. The van der Waals surface area contributed by atoms with Crippen molar-refractivity contribution >= 4 is 52.2 Å². The van der Waals surface area contributed by atoms with Crippen molar-refractivity contribution in [2.24, 2.45) is 0 Å². The highest BCUT2D eigenvalue weighted by atomic mass is 35.5. The summed E-state index contributed by atoms with van der Waals surface area (Å²) in [7, 11) is 1.48. The van der Waals surface area contributed by atoms with Crippen LogP contribution in [0.1, 0.15) is 16.7 Å². The van der Waals surface area contributed by atoms with Gasteiger partial charge in [0, 0.05) is 21.2 Å². The van der Waals surface area contributed by atoms with E-state index in [4.69, 9.17) is 32.7 Å². The van der Waals surface area contributed by atoms with Crippen LogP contribution >= 0.6 is 35.0 Å². The van der Waals surface area contributed by atoms with Gasteiger partial charge in [0.15, 0.2) is 11.5 Å². The Hall–Kier alpha value is -3.00. The molecule has 4 rings (SSSR count). The number of hydrogen-bond acceptors (Lipinski definition) is 5. The van der Waals surface area contributed by atoms with E-state index >= 15 is 0 Å². The summed E-state index contributed by atoms with van der Waals surface area (Å²) in [5, 5.41) is 0.349. The van der Waals surface area contributed by atoms with Crippen LogP contribution in [-0.2, 0) is 17.9 Å². The third-order valence-corrected chi connectivity index (χ3v) is 6.69. The zero-order valence-electron chi connectivity index (χ0n) is 17.9. The SMILES string of the molecule is COc1cc(/C=C2\SC(=O)N(Cc3c(Cl)cccc3Cl)C2=O)ccc1OCc1ccccc1F. The molecule has 0 N–H and O–H groups in total. The molecule has 0 unspecified atom stereocenters. The smallest absolute Gasteiger partial charge is 0.293 e. The Kier molecular flexibility index (Phi) is 7.46. The van der Waals surface area contributed by atoms with Gasteiger partial charge >= 0.3 is 0 Å². The number of amides is 2. The van der Waals surface area contributed by atoms with Gasteiger partial charge < -0.3 is 9.47 Å². The highest BCUT2D eigenvalue weighted by molar-refractivity contribution is 8.18. The normalized spacial score (nSPS) is 14.7. The Morgan fingerprint density at radius 3 is 2.44 bits per heavy atom. The monoisotopic (exact) mass is 517 g/mol. The molecule has 174 valence electrons. The first-order chi connectivity index (χ1) is 16.4. The number of imide groups is 1. The van der Waals surface area contributed by atoms with E-state index in [2.05, 4.69) is 0 Å². The average molecular weight is 518 g/mol. The summed E-state index contributed by atoms with van der Waals surface area (Å²) < 4.78 is 25.0. The van der Waals surface area contributed by atoms with Gasteiger partial charge in [-0.2, -0.15) is 0 Å². The second kappa shape index (κ2) is 10.5. The van der Waals surface area contributed by atoms with Crippen molar-refractivity contribution in [2.75, 3.05) is 7.11 Å². The second-order valence-electron chi connectivity index (χ2n) is 7.26. The predicted molar refractivity (Wildman–Crippen MR) is 132 cm³/mol. The molecule has 2 amide bonds. The van der Waals surface area contributed by atoms with Crippen molar-refractivity contribution in [1.82, 2.24) is 4.90 Å². The third kappa shape index (κ3) is 5.22. The van der Waals surface area contributed by atoms with E-state index in [1.54, 1.807) is 60.7 Å². The minimum Gasteiger partial charge on any atom is -0.493 e. The zero-order valence-corrected chi connectivity index (χ0v) is 20.2. The van der Waals surface area contributed by atoms with Crippen molar-refractivity contribution in [3.63, 3.8) is 0 Å².